The minimum Gasteiger partial charge on any atom is -0.497 e. The van der Waals surface area contributed by atoms with Crippen LogP contribution in [0.3, 0.4) is 0 Å². The average Bonchev–Trinajstić information content (AvgIpc) is 3.12. The third-order valence-electron chi connectivity index (χ3n) is 4.91. The second kappa shape index (κ2) is 8.83. The molecular formula is C20H23Cl2N2O3+. The first kappa shape index (κ1) is 19.8. The molecule has 0 radical (unpaired) electrons. The van der Waals surface area contributed by atoms with Gasteiger partial charge in [-0.25, -0.2) is 0 Å². The first-order chi connectivity index (χ1) is 13.0. The number of benzene rings is 2. The number of nitrogens with one attached hydrogen (secondary N) is 2. The van der Waals surface area contributed by atoms with Gasteiger partial charge in [0.1, 0.15) is 17.5 Å². The maximum absolute atomic E-state index is 12.6. The lowest BCUT2D eigenvalue weighted by atomic mass is 10.0. The Bertz CT molecular complexity index is 809. The van der Waals surface area contributed by atoms with Crippen molar-refractivity contribution in [3.05, 3.63) is 52.0 Å². The number of ether oxygens (including phenoxy) is 2. The smallest absolute Gasteiger partial charge is 0.279 e. The fraction of sp³-hybridized carbons (Fsp3) is 0.350. The quantitative estimate of drug-likeness (QED) is 0.768. The van der Waals surface area contributed by atoms with Crippen molar-refractivity contribution in [2.24, 2.45) is 0 Å². The Morgan fingerprint density at radius 2 is 1.93 bits per heavy atom. The van der Waals surface area contributed by atoms with Gasteiger partial charge in [-0.05, 0) is 24.3 Å². The lowest BCUT2D eigenvalue weighted by molar-refractivity contribution is -0.910. The number of para-hydroxylation sites is 1. The monoisotopic (exact) mass is 409 g/mol. The molecule has 2 N–H and O–H groups in total. The standard InChI is InChI=1S/C20H22Cl2N2O3/c1-26-13-8-9-14(18(11-13)27-2)17-7-4-10-24(17)12-19(25)23-20-15(21)5-3-6-16(20)22/h3,5-6,8-9,11,17H,4,7,10,12H2,1-2H3,(H,23,25)/p+1/t17-/m0/s1. The van der Waals surface area contributed by atoms with Crippen LogP contribution in [0.4, 0.5) is 5.69 Å². The summed E-state index contributed by atoms with van der Waals surface area (Å²) in [6, 6.07) is 11.2. The van der Waals surface area contributed by atoms with Gasteiger partial charge in [-0.1, -0.05) is 29.3 Å². The minimum absolute atomic E-state index is 0.112. The molecule has 1 aliphatic rings. The number of amides is 1. The Labute approximate surface area is 169 Å². The summed E-state index contributed by atoms with van der Waals surface area (Å²) < 4.78 is 10.8. The second-order valence-electron chi connectivity index (χ2n) is 6.53. The Kier molecular flexibility index (Phi) is 6.47. The summed E-state index contributed by atoms with van der Waals surface area (Å²) in [4.78, 5) is 13.8. The highest BCUT2D eigenvalue weighted by Gasteiger charge is 2.34. The van der Waals surface area contributed by atoms with Gasteiger partial charge in [-0.3, -0.25) is 4.79 Å². The molecule has 1 heterocycles. The molecule has 5 nitrogen and oxygen atoms in total. The van der Waals surface area contributed by atoms with Gasteiger partial charge in [0.05, 0.1) is 42.1 Å². The zero-order valence-corrected chi connectivity index (χ0v) is 16.9. The van der Waals surface area contributed by atoms with E-state index in [0.717, 1.165) is 36.4 Å². The molecule has 0 bridgehead atoms. The van der Waals surface area contributed by atoms with Crippen molar-refractivity contribution in [3.8, 4) is 11.5 Å². The van der Waals surface area contributed by atoms with Crippen molar-refractivity contribution in [3.63, 3.8) is 0 Å². The molecule has 2 aromatic carbocycles. The molecule has 0 spiro atoms. The molecule has 0 saturated carbocycles. The summed E-state index contributed by atoms with van der Waals surface area (Å²) in [5.74, 6) is 1.42. The van der Waals surface area contributed by atoms with E-state index in [1.165, 1.54) is 4.90 Å². The number of rotatable bonds is 6. The summed E-state index contributed by atoms with van der Waals surface area (Å²) in [5, 5.41) is 3.71. The molecule has 144 valence electrons. The van der Waals surface area contributed by atoms with E-state index >= 15 is 0 Å². The minimum atomic E-state index is -0.112. The topological polar surface area (TPSA) is 52.0 Å². The van der Waals surface area contributed by atoms with Crippen LogP contribution in [0, 0.1) is 0 Å². The van der Waals surface area contributed by atoms with E-state index in [1.54, 1.807) is 32.4 Å². The predicted molar refractivity (Wildman–Crippen MR) is 107 cm³/mol. The Balaban J connectivity index is 1.74. The SMILES string of the molecule is COc1ccc([C@@H]2CCC[NH+]2CC(=O)Nc2c(Cl)cccc2Cl)c(OC)c1. The van der Waals surface area contributed by atoms with Crippen molar-refractivity contribution < 1.29 is 19.2 Å². The van der Waals surface area contributed by atoms with Crippen molar-refractivity contribution in [2.45, 2.75) is 18.9 Å². The number of carbonyl (C=O) groups excluding carboxylic acids is 1. The van der Waals surface area contributed by atoms with Crippen LogP contribution in [0.15, 0.2) is 36.4 Å². The predicted octanol–water partition coefficient (Wildman–Crippen LogP) is 3.37. The van der Waals surface area contributed by atoms with Gasteiger partial charge in [-0.2, -0.15) is 0 Å². The number of hydrogen-bond acceptors (Lipinski definition) is 3. The van der Waals surface area contributed by atoms with Crippen LogP contribution in [-0.4, -0.2) is 33.2 Å². The Hall–Kier alpha value is -1.95. The number of likely N-dealkylation sites (tertiary alicyclic amines) is 1. The molecule has 27 heavy (non-hydrogen) atoms. The maximum atomic E-state index is 12.6. The summed E-state index contributed by atoms with van der Waals surface area (Å²) in [7, 11) is 3.28. The van der Waals surface area contributed by atoms with Crippen LogP contribution < -0.4 is 19.7 Å². The number of carbonyl (C=O) groups is 1. The normalized spacial score (nSPS) is 19.0. The Morgan fingerprint density at radius 1 is 1.19 bits per heavy atom. The van der Waals surface area contributed by atoms with Crippen LogP contribution in [0.5, 0.6) is 11.5 Å². The molecule has 3 rings (SSSR count). The van der Waals surface area contributed by atoms with Crippen LogP contribution in [0.1, 0.15) is 24.4 Å². The molecule has 0 aliphatic carbocycles. The van der Waals surface area contributed by atoms with E-state index < -0.39 is 0 Å². The summed E-state index contributed by atoms with van der Waals surface area (Å²) >= 11 is 12.3. The highest BCUT2D eigenvalue weighted by atomic mass is 35.5. The highest BCUT2D eigenvalue weighted by molar-refractivity contribution is 6.39. The number of anilines is 1. The van der Waals surface area contributed by atoms with Gasteiger partial charge < -0.3 is 19.7 Å². The molecule has 2 atom stereocenters. The molecule has 7 heteroatoms. The largest absolute Gasteiger partial charge is 0.497 e. The third kappa shape index (κ3) is 4.49. The molecule has 1 fully saturated rings. The summed E-state index contributed by atoms with van der Waals surface area (Å²) in [5.41, 5.74) is 1.55. The van der Waals surface area contributed by atoms with E-state index in [4.69, 9.17) is 32.7 Å². The fourth-order valence-electron chi connectivity index (χ4n) is 3.61. The Morgan fingerprint density at radius 3 is 2.59 bits per heavy atom. The molecule has 1 unspecified atom stereocenters. The number of halogens is 2. The third-order valence-corrected chi connectivity index (χ3v) is 5.54. The second-order valence-corrected chi connectivity index (χ2v) is 7.35. The van der Waals surface area contributed by atoms with Crippen molar-refractivity contribution in [2.75, 3.05) is 32.6 Å². The fourth-order valence-corrected chi connectivity index (χ4v) is 4.10. The highest BCUT2D eigenvalue weighted by Crippen LogP contribution is 2.32. The van der Waals surface area contributed by atoms with Gasteiger partial charge in [0.25, 0.3) is 5.91 Å². The molecular weight excluding hydrogens is 387 g/mol. The van der Waals surface area contributed by atoms with Gasteiger partial charge in [0, 0.05) is 18.9 Å². The molecule has 2 aromatic rings. The van der Waals surface area contributed by atoms with E-state index in [0.29, 0.717) is 22.3 Å². The molecule has 1 amide bonds. The zero-order valence-electron chi connectivity index (χ0n) is 15.4. The van der Waals surface area contributed by atoms with Crippen LogP contribution in [0.25, 0.3) is 0 Å². The van der Waals surface area contributed by atoms with Gasteiger partial charge in [0.15, 0.2) is 6.54 Å². The van der Waals surface area contributed by atoms with Gasteiger partial charge in [-0.15, -0.1) is 0 Å². The molecule has 1 saturated heterocycles. The average molecular weight is 410 g/mol. The van der Waals surface area contributed by atoms with E-state index in [9.17, 15) is 4.79 Å². The van der Waals surface area contributed by atoms with Crippen molar-refractivity contribution in [1.82, 2.24) is 0 Å². The lowest BCUT2D eigenvalue weighted by Crippen LogP contribution is -3.11. The summed E-state index contributed by atoms with van der Waals surface area (Å²) in [6.07, 6.45) is 2.05. The van der Waals surface area contributed by atoms with E-state index in [-0.39, 0.29) is 11.9 Å². The first-order valence-corrected chi connectivity index (χ1v) is 9.59. The van der Waals surface area contributed by atoms with Crippen LogP contribution in [-0.2, 0) is 4.79 Å². The van der Waals surface area contributed by atoms with Gasteiger partial charge in [0.2, 0.25) is 0 Å². The van der Waals surface area contributed by atoms with Gasteiger partial charge >= 0.3 is 0 Å². The van der Waals surface area contributed by atoms with E-state index in [2.05, 4.69) is 5.32 Å². The first-order valence-electron chi connectivity index (χ1n) is 8.84. The van der Waals surface area contributed by atoms with Crippen LogP contribution >= 0.6 is 23.2 Å². The lowest BCUT2D eigenvalue weighted by Gasteiger charge is -2.23. The van der Waals surface area contributed by atoms with Crippen molar-refractivity contribution in [1.29, 1.82) is 0 Å². The summed E-state index contributed by atoms with van der Waals surface area (Å²) in [6.45, 7) is 1.25. The van der Waals surface area contributed by atoms with E-state index in [1.807, 2.05) is 18.2 Å². The van der Waals surface area contributed by atoms with Crippen LogP contribution in [0.2, 0.25) is 10.0 Å². The number of hydrogen-bond donors (Lipinski definition) is 2. The molecule has 1 aliphatic heterocycles. The number of quaternary nitrogens is 1. The van der Waals surface area contributed by atoms with Crippen molar-refractivity contribution >= 4 is 34.8 Å². The maximum Gasteiger partial charge on any atom is 0.279 e. The zero-order chi connectivity index (χ0) is 19.4. The number of methoxy groups -OCH3 is 2. The molecule has 0 aromatic heterocycles.